The summed E-state index contributed by atoms with van der Waals surface area (Å²) in [6.07, 6.45) is -3.09. The lowest BCUT2D eigenvalue weighted by Gasteiger charge is -2.11. The Morgan fingerprint density at radius 1 is 1.00 bits per heavy atom. The molecule has 5 nitrogen and oxygen atoms in total. The van der Waals surface area contributed by atoms with Crippen LogP contribution in [0.1, 0.15) is 38.4 Å². The molecule has 0 bridgehead atoms. The van der Waals surface area contributed by atoms with Crippen LogP contribution >= 0.6 is 0 Å². The quantitative estimate of drug-likeness (QED) is 0.174. The van der Waals surface area contributed by atoms with Crippen LogP contribution in [0.15, 0.2) is 84.0 Å². The smallest absolute Gasteiger partial charge is 0.416 e. The molecule has 0 aliphatic heterocycles. The topological polar surface area (TPSA) is 55.6 Å². The Morgan fingerprint density at radius 2 is 1.70 bits per heavy atom. The van der Waals surface area contributed by atoms with Crippen molar-refractivity contribution in [2.45, 2.75) is 26.6 Å². The molecule has 0 atom stereocenters. The molecule has 1 aromatic heterocycles. The molecule has 0 unspecified atom stereocenters. The van der Waals surface area contributed by atoms with Gasteiger partial charge in [0.2, 0.25) is 0 Å². The molecule has 0 fully saturated rings. The number of aryl methyl sites for hydroxylation is 1. The van der Waals surface area contributed by atoms with Gasteiger partial charge in [0.25, 0.3) is 5.91 Å². The van der Waals surface area contributed by atoms with Crippen LogP contribution in [0.2, 0.25) is 0 Å². The first-order valence-corrected chi connectivity index (χ1v) is 11.3. The molecule has 1 N–H and O–H groups in total. The number of hydrazone groups is 1. The highest BCUT2D eigenvalue weighted by Crippen LogP contribution is 2.29. The summed E-state index contributed by atoms with van der Waals surface area (Å²) in [5.41, 5.74) is 5.48. The number of carbonyl (C=O) groups is 1. The first-order valence-electron chi connectivity index (χ1n) is 11.3. The van der Waals surface area contributed by atoms with E-state index in [1.165, 1.54) is 30.5 Å². The van der Waals surface area contributed by atoms with Gasteiger partial charge in [0, 0.05) is 28.2 Å². The number of halogens is 4. The normalized spacial score (nSPS) is 11.6. The van der Waals surface area contributed by atoms with Crippen LogP contribution in [0.25, 0.3) is 5.69 Å². The Hall–Kier alpha value is -4.40. The van der Waals surface area contributed by atoms with Crippen LogP contribution in [-0.2, 0) is 12.8 Å². The summed E-state index contributed by atoms with van der Waals surface area (Å²) < 4.78 is 59.5. The zero-order valence-corrected chi connectivity index (χ0v) is 20.0. The molecule has 0 saturated carbocycles. The van der Waals surface area contributed by atoms with Crippen LogP contribution in [-0.4, -0.2) is 16.7 Å². The van der Waals surface area contributed by atoms with E-state index >= 15 is 0 Å². The van der Waals surface area contributed by atoms with Crippen molar-refractivity contribution >= 4 is 12.1 Å². The van der Waals surface area contributed by atoms with Crippen molar-refractivity contribution in [3.05, 3.63) is 118 Å². The molecule has 4 rings (SSSR count). The number of amides is 1. The van der Waals surface area contributed by atoms with Crippen molar-refractivity contribution in [2.24, 2.45) is 5.10 Å². The number of alkyl halides is 3. The monoisotopic (exact) mass is 509 g/mol. The van der Waals surface area contributed by atoms with E-state index in [1.807, 2.05) is 48.7 Å². The lowest BCUT2D eigenvalue weighted by atomic mass is 10.1. The van der Waals surface area contributed by atoms with E-state index in [1.54, 1.807) is 12.1 Å². The lowest BCUT2D eigenvalue weighted by molar-refractivity contribution is -0.137. The molecule has 0 radical (unpaired) electrons. The van der Waals surface area contributed by atoms with Crippen LogP contribution in [0, 0.1) is 19.7 Å². The van der Waals surface area contributed by atoms with Crippen LogP contribution in [0.4, 0.5) is 17.6 Å². The second-order valence-electron chi connectivity index (χ2n) is 8.35. The predicted octanol–water partition coefficient (Wildman–Crippen LogP) is 6.59. The van der Waals surface area contributed by atoms with Crippen molar-refractivity contribution in [3.8, 4) is 11.4 Å². The Labute approximate surface area is 211 Å². The van der Waals surface area contributed by atoms with Gasteiger partial charge in [0.1, 0.15) is 18.2 Å². The predicted molar refractivity (Wildman–Crippen MR) is 132 cm³/mol. The second kappa shape index (κ2) is 10.7. The SMILES string of the molecule is Cc1cc(/C=N\NC(=O)c2cccc(C(F)(F)F)c2)c(C)n1-c1ccc(OCc2ccc(F)cc2)cc1. The lowest BCUT2D eigenvalue weighted by Crippen LogP contribution is -2.18. The Morgan fingerprint density at radius 3 is 2.38 bits per heavy atom. The summed E-state index contributed by atoms with van der Waals surface area (Å²) in [4.78, 5) is 12.3. The molecule has 190 valence electrons. The van der Waals surface area contributed by atoms with Crippen molar-refractivity contribution < 1.29 is 27.1 Å². The molecule has 37 heavy (non-hydrogen) atoms. The third kappa shape index (κ3) is 6.24. The van der Waals surface area contributed by atoms with Gasteiger partial charge in [-0.3, -0.25) is 4.79 Å². The van der Waals surface area contributed by atoms with Gasteiger partial charge in [-0.25, -0.2) is 9.82 Å². The maximum atomic E-state index is 13.0. The largest absolute Gasteiger partial charge is 0.489 e. The fourth-order valence-electron chi connectivity index (χ4n) is 3.82. The zero-order chi connectivity index (χ0) is 26.6. The summed E-state index contributed by atoms with van der Waals surface area (Å²) >= 11 is 0. The number of aromatic nitrogens is 1. The molecular weight excluding hydrogens is 486 g/mol. The van der Waals surface area contributed by atoms with E-state index in [4.69, 9.17) is 4.74 Å². The minimum absolute atomic E-state index is 0.140. The molecule has 1 heterocycles. The minimum atomic E-state index is -4.54. The number of ether oxygens (including phenoxy) is 1. The molecule has 1 amide bonds. The molecule has 0 spiro atoms. The number of rotatable bonds is 7. The standard InChI is InChI=1S/C28H23F4N3O2/c1-18-14-22(16-33-34-27(36)21-4-3-5-23(15-21)28(30,31)32)19(2)35(18)25-10-12-26(13-11-25)37-17-20-6-8-24(29)9-7-20/h3-16H,17H2,1-2H3,(H,34,36)/b33-16-. The van der Waals surface area contributed by atoms with E-state index in [-0.39, 0.29) is 11.4 Å². The van der Waals surface area contributed by atoms with Crippen molar-refractivity contribution in [2.75, 3.05) is 0 Å². The number of hydrogen-bond donors (Lipinski definition) is 1. The third-order valence-electron chi connectivity index (χ3n) is 5.71. The van der Waals surface area contributed by atoms with Crippen molar-refractivity contribution in [1.82, 2.24) is 9.99 Å². The van der Waals surface area contributed by atoms with Gasteiger partial charge in [-0.2, -0.15) is 18.3 Å². The van der Waals surface area contributed by atoms with E-state index < -0.39 is 17.6 Å². The summed E-state index contributed by atoms with van der Waals surface area (Å²) in [5, 5.41) is 3.93. The number of carbonyl (C=O) groups excluding carboxylic acids is 1. The zero-order valence-electron chi connectivity index (χ0n) is 20.0. The number of hydrogen-bond acceptors (Lipinski definition) is 3. The van der Waals surface area contributed by atoms with E-state index in [0.717, 1.165) is 40.3 Å². The Balaban J connectivity index is 1.42. The third-order valence-corrected chi connectivity index (χ3v) is 5.71. The van der Waals surface area contributed by atoms with Crippen LogP contribution in [0.3, 0.4) is 0 Å². The fraction of sp³-hybridized carbons (Fsp3) is 0.143. The summed E-state index contributed by atoms with van der Waals surface area (Å²) in [5.74, 6) is -0.380. The molecule has 9 heteroatoms. The first-order chi connectivity index (χ1) is 17.6. The summed E-state index contributed by atoms with van der Waals surface area (Å²) in [6, 6.07) is 19.6. The first kappa shape index (κ1) is 25.7. The van der Waals surface area contributed by atoms with Gasteiger partial charge in [0.15, 0.2) is 0 Å². The number of benzene rings is 3. The van der Waals surface area contributed by atoms with Crippen molar-refractivity contribution in [3.63, 3.8) is 0 Å². The van der Waals surface area contributed by atoms with E-state index in [9.17, 15) is 22.4 Å². The van der Waals surface area contributed by atoms with Gasteiger partial charge in [-0.15, -0.1) is 0 Å². The summed E-state index contributed by atoms with van der Waals surface area (Å²) in [7, 11) is 0. The minimum Gasteiger partial charge on any atom is -0.489 e. The number of nitrogens with zero attached hydrogens (tertiary/aromatic N) is 2. The highest BCUT2D eigenvalue weighted by Gasteiger charge is 2.30. The summed E-state index contributed by atoms with van der Waals surface area (Å²) in [6.45, 7) is 4.13. The average Bonchev–Trinajstić information content (AvgIpc) is 3.16. The highest BCUT2D eigenvalue weighted by atomic mass is 19.4. The van der Waals surface area contributed by atoms with Gasteiger partial charge in [-0.05, 0) is 80.1 Å². The van der Waals surface area contributed by atoms with Gasteiger partial charge < -0.3 is 9.30 Å². The van der Waals surface area contributed by atoms with Gasteiger partial charge >= 0.3 is 6.18 Å². The van der Waals surface area contributed by atoms with Crippen LogP contribution in [0.5, 0.6) is 5.75 Å². The van der Waals surface area contributed by atoms with E-state index in [0.29, 0.717) is 12.4 Å². The maximum absolute atomic E-state index is 13.0. The Bertz CT molecular complexity index is 1420. The average molecular weight is 510 g/mol. The van der Waals surface area contributed by atoms with Gasteiger partial charge in [-0.1, -0.05) is 18.2 Å². The van der Waals surface area contributed by atoms with E-state index in [2.05, 4.69) is 10.5 Å². The molecule has 0 aliphatic carbocycles. The van der Waals surface area contributed by atoms with Crippen LogP contribution < -0.4 is 10.2 Å². The molecule has 0 aliphatic rings. The van der Waals surface area contributed by atoms with Gasteiger partial charge in [0.05, 0.1) is 11.8 Å². The molecule has 3 aromatic carbocycles. The molecular formula is C28H23F4N3O2. The Kier molecular flexibility index (Phi) is 7.42. The van der Waals surface area contributed by atoms with Crippen molar-refractivity contribution in [1.29, 1.82) is 0 Å². The number of nitrogens with one attached hydrogen (secondary N) is 1. The highest BCUT2D eigenvalue weighted by molar-refractivity contribution is 5.95. The molecule has 0 saturated heterocycles. The second-order valence-corrected chi connectivity index (χ2v) is 8.35. The fourth-order valence-corrected chi connectivity index (χ4v) is 3.82. The maximum Gasteiger partial charge on any atom is 0.416 e. The molecule has 4 aromatic rings.